The molecule has 0 bridgehead atoms. The molecule has 0 spiro atoms. The number of aromatic nitrogens is 1. The highest BCUT2D eigenvalue weighted by molar-refractivity contribution is 9.10. The number of oxazole rings is 1. The minimum atomic E-state index is -4.01. The Kier molecular flexibility index (Phi) is 5.71. The van der Waals surface area contributed by atoms with Crippen LogP contribution in [0.25, 0.3) is 11.5 Å². The standard InChI is InChI=1S/C20H18BrFN2O4S/c21-14-5-3-13(4-6-14)18-24-20(19(28-18)23-12-16-2-1-11-27-16)29(25,26)17-9-7-15(22)8-10-17/h3-10,16,23H,1-2,11-12H2. The first-order valence-electron chi connectivity index (χ1n) is 9.06. The van der Waals surface area contributed by atoms with Gasteiger partial charge in [0.15, 0.2) is 0 Å². The van der Waals surface area contributed by atoms with Gasteiger partial charge in [-0.2, -0.15) is 4.98 Å². The maximum Gasteiger partial charge on any atom is 0.233 e. The highest BCUT2D eigenvalue weighted by Gasteiger charge is 2.29. The van der Waals surface area contributed by atoms with Crippen molar-refractivity contribution in [3.8, 4) is 11.5 Å². The predicted octanol–water partition coefficient (Wildman–Crippen LogP) is 4.67. The molecule has 0 radical (unpaired) electrons. The summed E-state index contributed by atoms with van der Waals surface area (Å²) in [6.07, 6.45) is 1.84. The third-order valence-electron chi connectivity index (χ3n) is 4.58. The van der Waals surface area contributed by atoms with Crippen LogP contribution in [-0.4, -0.2) is 32.7 Å². The fourth-order valence-corrected chi connectivity index (χ4v) is 4.60. The van der Waals surface area contributed by atoms with Gasteiger partial charge in [0, 0.05) is 23.2 Å². The molecule has 29 heavy (non-hydrogen) atoms. The van der Waals surface area contributed by atoms with E-state index in [1.807, 2.05) is 12.1 Å². The third kappa shape index (κ3) is 4.36. The van der Waals surface area contributed by atoms with Gasteiger partial charge in [0.05, 0.1) is 11.0 Å². The van der Waals surface area contributed by atoms with Gasteiger partial charge < -0.3 is 14.5 Å². The number of hydrogen-bond acceptors (Lipinski definition) is 6. The molecule has 0 aliphatic carbocycles. The van der Waals surface area contributed by atoms with Crippen molar-refractivity contribution < 1.29 is 22.0 Å². The molecule has 1 atom stereocenters. The van der Waals surface area contributed by atoms with E-state index < -0.39 is 15.7 Å². The van der Waals surface area contributed by atoms with Gasteiger partial charge in [0.25, 0.3) is 0 Å². The minimum absolute atomic E-state index is 0.0161. The summed E-state index contributed by atoms with van der Waals surface area (Å²) in [6.45, 7) is 1.09. The lowest BCUT2D eigenvalue weighted by atomic mass is 10.2. The first-order valence-corrected chi connectivity index (χ1v) is 11.3. The molecule has 1 saturated heterocycles. The van der Waals surface area contributed by atoms with Gasteiger partial charge in [-0.15, -0.1) is 0 Å². The van der Waals surface area contributed by atoms with E-state index in [4.69, 9.17) is 9.15 Å². The van der Waals surface area contributed by atoms with Crippen molar-refractivity contribution >= 4 is 31.7 Å². The van der Waals surface area contributed by atoms with Crippen LogP contribution in [-0.2, 0) is 14.6 Å². The molecular formula is C20H18BrFN2O4S. The van der Waals surface area contributed by atoms with Crippen molar-refractivity contribution in [2.75, 3.05) is 18.5 Å². The quantitative estimate of drug-likeness (QED) is 0.516. The molecule has 2 heterocycles. The minimum Gasteiger partial charge on any atom is -0.419 e. The van der Waals surface area contributed by atoms with E-state index >= 15 is 0 Å². The zero-order valence-electron chi connectivity index (χ0n) is 15.3. The molecule has 2 aromatic carbocycles. The Bertz CT molecular complexity index is 1090. The van der Waals surface area contributed by atoms with Gasteiger partial charge >= 0.3 is 0 Å². The van der Waals surface area contributed by atoms with Crippen LogP contribution in [0.4, 0.5) is 10.3 Å². The summed E-state index contributed by atoms with van der Waals surface area (Å²) >= 11 is 3.36. The molecule has 1 aliphatic rings. The molecule has 6 nitrogen and oxygen atoms in total. The van der Waals surface area contributed by atoms with Crippen LogP contribution in [0.2, 0.25) is 0 Å². The Labute approximate surface area is 176 Å². The highest BCUT2D eigenvalue weighted by atomic mass is 79.9. The maximum absolute atomic E-state index is 13.2. The second kappa shape index (κ2) is 8.25. The molecule has 1 aliphatic heterocycles. The molecule has 4 rings (SSSR count). The van der Waals surface area contributed by atoms with E-state index in [2.05, 4.69) is 26.2 Å². The Morgan fingerprint density at radius 1 is 1.14 bits per heavy atom. The molecular weight excluding hydrogens is 463 g/mol. The number of rotatable bonds is 6. The summed E-state index contributed by atoms with van der Waals surface area (Å²) in [5.41, 5.74) is 0.633. The molecule has 0 saturated carbocycles. The normalized spacial score (nSPS) is 16.8. The lowest BCUT2D eigenvalue weighted by Gasteiger charge is -2.10. The molecule has 1 aromatic heterocycles. The van der Waals surface area contributed by atoms with E-state index in [1.165, 1.54) is 12.1 Å². The second-order valence-corrected chi connectivity index (χ2v) is 9.41. The van der Waals surface area contributed by atoms with Crippen LogP contribution in [0.15, 0.2) is 67.3 Å². The highest BCUT2D eigenvalue weighted by Crippen LogP contribution is 2.33. The van der Waals surface area contributed by atoms with Gasteiger partial charge in [-0.25, -0.2) is 12.8 Å². The summed E-state index contributed by atoms with van der Waals surface area (Å²) in [6, 6.07) is 11.8. The largest absolute Gasteiger partial charge is 0.419 e. The molecule has 3 aromatic rings. The Hall–Kier alpha value is -2.23. The lowest BCUT2D eigenvalue weighted by molar-refractivity contribution is 0.120. The Morgan fingerprint density at radius 3 is 2.52 bits per heavy atom. The van der Waals surface area contributed by atoms with Crippen LogP contribution in [0.5, 0.6) is 0 Å². The first kappa shape index (κ1) is 20.1. The number of ether oxygens (including phenoxy) is 1. The average Bonchev–Trinajstić information content (AvgIpc) is 3.37. The summed E-state index contributed by atoms with van der Waals surface area (Å²) in [5, 5.41) is 2.79. The van der Waals surface area contributed by atoms with Crippen LogP contribution >= 0.6 is 15.9 Å². The van der Waals surface area contributed by atoms with Crippen molar-refractivity contribution in [1.82, 2.24) is 4.98 Å². The van der Waals surface area contributed by atoms with Crippen molar-refractivity contribution in [3.63, 3.8) is 0 Å². The molecule has 1 N–H and O–H groups in total. The molecule has 9 heteroatoms. The van der Waals surface area contributed by atoms with Crippen molar-refractivity contribution in [2.45, 2.75) is 28.9 Å². The molecule has 0 amide bonds. The zero-order chi connectivity index (χ0) is 20.4. The monoisotopic (exact) mass is 480 g/mol. The van der Waals surface area contributed by atoms with Gasteiger partial charge in [-0.05, 0) is 61.4 Å². The summed E-state index contributed by atoms with van der Waals surface area (Å²) in [5.74, 6) is -0.299. The van der Waals surface area contributed by atoms with Gasteiger partial charge in [-0.3, -0.25) is 0 Å². The van der Waals surface area contributed by atoms with E-state index in [1.54, 1.807) is 12.1 Å². The number of nitrogens with one attached hydrogen (secondary N) is 1. The van der Waals surface area contributed by atoms with E-state index in [0.29, 0.717) is 18.7 Å². The van der Waals surface area contributed by atoms with Crippen LogP contribution in [0.1, 0.15) is 12.8 Å². The second-order valence-electron chi connectivity index (χ2n) is 6.63. The maximum atomic E-state index is 13.2. The molecule has 1 unspecified atom stereocenters. The van der Waals surface area contributed by atoms with Gasteiger partial charge in [0.2, 0.25) is 26.6 Å². The van der Waals surface area contributed by atoms with Crippen molar-refractivity contribution in [1.29, 1.82) is 0 Å². The van der Waals surface area contributed by atoms with Gasteiger partial charge in [-0.1, -0.05) is 15.9 Å². The first-order chi connectivity index (χ1) is 13.9. The van der Waals surface area contributed by atoms with Crippen molar-refractivity contribution in [3.05, 3.63) is 58.8 Å². The number of sulfone groups is 1. The number of halogens is 2. The number of anilines is 1. The smallest absolute Gasteiger partial charge is 0.233 e. The third-order valence-corrected chi connectivity index (χ3v) is 6.79. The van der Waals surface area contributed by atoms with Gasteiger partial charge in [0.1, 0.15) is 5.82 Å². The Morgan fingerprint density at radius 2 is 1.86 bits per heavy atom. The van der Waals surface area contributed by atoms with Crippen LogP contribution < -0.4 is 5.32 Å². The molecule has 152 valence electrons. The SMILES string of the molecule is O=S(=O)(c1ccc(F)cc1)c1nc(-c2ccc(Br)cc2)oc1NCC1CCCO1. The van der Waals surface area contributed by atoms with Crippen LogP contribution in [0.3, 0.4) is 0 Å². The molecule has 1 fully saturated rings. The summed E-state index contributed by atoms with van der Waals surface area (Å²) < 4.78 is 51.8. The predicted molar refractivity (Wildman–Crippen MR) is 109 cm³/mol. The van der Waals surface area contributed by atoms with Crippen molar-refractivity contribution in [2.24, 2.45) is 0 Å². The fraction of sp³-hybridized carbons (Fsp3) is 0.250. The number of hydrogen-bond donors (Lipinski definition) is 1. The Balaban J connectivity index is 1.73. The summed E-state index contributed by atoms with van der Waals surface area (Å²) in [7, 11) is -4.01. The number of nitrogens with zero attached hydrogens (tertiary/aromatic N) is 1. The van der Waals surface area contributed by atoms with E-state index in [0.717, 1.165) is 29.4 Å². The fourth-order valence-electron chi connectivity index (χ4n) is 3.05. The lowest BCUT2D eigenvalue weighted by Crippen LogP contribution is -2.19. The van der Waals surface area contributed by atoms with E-state index in [-0.39, 0.29) is 27.8 Å². The van der Waals surface area contributed by atoms with E-state index in [9.17, 15) is 12.8 Å². The topological polar surface area (TPSA) is 81.4 Å². The van der Waals surface area contributed by atoms with Crippen LogP contribution in [0, 0.1) is 5.82 Å². The number of benzene rings is 2. The zero-order valence-corrected chi connectivity index (χ0v) is 17.7. The average molecular weight is 481 g/mol. The summed E-state index contributed by atoms with van der Waals surface area (Å²) in [4.78, 5) is 4.20.